The van der Waals surface area contributed by atoms with E-state index in [9.17, 15) is 0 Å². The molecule has 0 fully saturated rings. The van der Waals surface area contributed by atoms with Crippen molar-refractivity contribution in [1.82, 2.24) is 8.97 Å². The van der Waals surface area contributed by atoms with Crippen molar-refractivity contribution in [2.75, 3.05) is 26.3 Å². The second kappa shape index (κ2) is 11.3. The highest BCUT2D eigenvalue weighted by atomic mass is 16.5. The fraction of sp³-hybridized carbons (Fsp3) is 0.571. The molecule has 0 unspecified atom stereocenters. The summed E-state index contributed by atoms with van der Waals surface area (Å²) in [6, 6.07) is 23.9. The molecule has 0 saturated carbocycles. The monoisotopic (exact) mass is 426 g/mol. The van der Waals surface area contributed by atoms with Crippen LogP contribution in [0.3, 0.4) is 0 Å². The second-order valence-corrected chi connectivity index (χ2v) is 9.97. The first-order valence-electron chi connectivity index (χ1n) is 12.1. The normalized spacial score (nSPS) is 13.0. The molecule has 2 rings (SSSR count). The van der Waals surface area contributed by atoms with Gasteiger partial charge < -0.3 is 4.74 Å². The van der Waals surface area contributed by atoms with Crippen LogP contribution in [0.1, 0.15) is 55.4 Å². The minimum atomic E-state index is 0.497. The SMILES string of the molecule is CC(C)[N+](CCOCC[N+](c1ccccc1)(C(C)C)C(C)C)(c1ccccc1)C(C)C. The number of ether oxygens (including phenoxy) is 1. The van der Waals surface area contributed by atoms with E-state index in [1.807, 2.05) is 0 Å². The molecule has 0 aliphatic carbocycles. The fourth-order valence-corrected chi connectivity index (χ4v) is 5.62. The van der Waals surface area contributed by atoms with Crippen LogP contribution in [-0.2, 0) is 4.74 Å². The van der Waals surface area contributed by atoms with Crippen molar-refractivity contribution < 1.29 is 4.74 Å². The lowest BCUT2D eigenvalue weighted by Gasteiger charge is -2.46. The predicted octanol–water partition coefficient (Wildman–Crippen LogP) is 6.65. The van der Waals surface area contributed by atoms with Gasteiger partial charge in [0.05, 0.1) is 37.4 Å². The van der Waals surface area contributed by atoms with Crippen LogP contribution < -0.4 is 8.97 Å². The number of para-hydroxylation sites is 2. The van der Waals surface area contributed by atoms with Gasteiger partial charge in [-0.05, 0) is 79.7 Å². The molecule has 0 heterocycles. The van der Waals surface area contributed by atoms with Crippen molar-refractivity contribution in [2.45, 2.75) is 79.6 Å². The molecule has 0 radical (unpaired) electrons. The smallest absolute Gasteiger partial charge is 0.133 e. The highest BCUT2D eigenvalue weighted by Gasteiger charge is 2.38. The lowest BCUT2D eigenvalue weighted by molar-refractivity contribution is 0.0554. The summed E-state index contributed by atoms with van der Waals surface area (Å²) in [7, 11) is 0. The summed E-state index contributed by atoms with van der Waals surface area (Å²) in [5.74, 6) is 0. The molecule has 0 aromatic heterocycles. The number of quaternary nitrogens is 2. The third kappa shape index (κ3) is 5.39. The lowest BCUT2D eigenvalue weighted by Crippen LogP contribution is -2.61. The molecule has 2 aromatic carbocycles. The molecular weight excluding hydrogens is 380 g/mol. The quantitative estimate of drug-likeness (QED) is 0.273. The zero-order valence-corrected chi connectivity index (χ0v) is 21.2. The van der Waals surface area contributed by atoms with Crippen LogP contribution in [0.5, 0.6) is 0 Å². The van der Waals surface area contributed by atoms with Gasteiger partial charge in [0, 0.05) is 0 Å². The van der Waals surface area contributed by atoms with E-state index in [0.717, 1.165) is 35.3 Å². The Kier molecular flexibility index (Phi) is 9.29. The summed E-state index contributed by atoms with van der Waals surface area (Å²) >= 11 is 0. The molecule has 0 spiro atoms. The second-order valence-electron chi connectivity index (χ2n) is 9.97. The molecule has 172 valence electrons. The third-order valence-corrected chi connectivity index (χ3v) is 7.37. The van der Waals surface area contributed by atoms with E-state index in [1.165, 1.54) is 11.4 Å². The van der Waals surface area contributed by atoms with Crippen molar-refractivity contribution >= 4 is 11.4 Å². The highest BCUT2D eigenvalue weighted by Crippen LogP contribution is 2.31. The first-order valence-corrected chi connectivity index (χ1v) is 12.1. The van der Waals surface area contributed by atoms with Gasteiger partial charge in [-0.1, -0.05) is 36.4 Å². The fourth-order valence-electron chi connectivity index (χ4n) is 5.62. The van der Waals surface area contributed by atoms with Crippen molar-refractivity contribution in [1.29, 1.82) is 0 Å². The predicted molar refractivity (Wildman–Crippen MR) is 138 cm³/mol. The molecule has 0 saturated heterocycles. The maximum atomic E-state index is 6.36. The Bertz CT molecular complexity index is 672. The number of benzene rings is 2. The van der Waals surface area contributed by atoms with E-state index in [4.69, 9.17) is 4.74 Å². The van der Waals surface area contributed by atoms with Crippen LogP contribution in [0.4, 0.5) is 11.4 Å². The van der Waals surface area contributed by atoms with Gasteiger partial charge >= 0.3 is 0 Å². The number of nitrogens with zero attached hydrogens (tertiary/aromatic N) is 2. The summed E-state index contributed by atoms with van der Waals surface area (Å²) in [4.78, 5) is 0. The van der Waals surface area contributed by atoms with Crippen LogP contribution in [-0.4, -0.2) is 50.5 Å². The van der Waals surface area contributed by atoms with E-state index < -0.39 is 0 Å². The Labute approximate surface area is 191 Å². The van der Waals surface area contributed by atoms with Crippen molar-refractivity contribution in [3.05, 3.63) is 60.7 Å². The van der Waals surface area contributed by atoms with E-state index in [2.05, 4.69) is 116 Å². The minimum Gasteiger partial charge on any atom is -0.370 e. The summed E-state index contributed by atoms with van der Waals surface area (Å²) < 4.78 is 8.26. The Morgan fingerprint density at radius 1 is 0.516 bits per heavy atom. The number of hydrogen-bond acceptors (Lipinski definition) is 1. The van der Waals surface area contributed by atoms with Gasteiger partial charge in [0.1, 0.15) is 24.5 Å². The summed E-state index contributed by atoms with van der Waals surface area (Å²) in [6.45, 7) is 22.2. The average Bonchev–Trinajstić information content (AvgIpc) is 2.73. The lowest BCUT2D eigenvalue weighted by atomic mass is 10.1. The maximum Gasteiger partial charge on any atom is 0.133 e. The number of rotatable bonds is 12. The van der Waals surface area contributed by atoms with Crippen LogP contribution in [0.15, 0.2) is 60.7 Å². The molecule has 0 atom stereocenters. The van der Waals surface area contributed by atoms with Crippen molar-refractivity contribution in [3.8, 4) is 0 Å². The molecule has 0 aliphatic heterocycles. The summed E-state index contributed by atoms with van der Waals surface area (Å²) in [5, 5.41) is 0. The third-order valence-electron chi connectivity index (χ3n) is 7.37. The first kappa shape index (κ1) is 25.6. The Morgan fingerprint density at radius 3 is 1.06 bits per heavy atom. The van der Waals surface area contributed by atoms with E-state index >= 15 is 0 Å². The van der Waals surface area contributed by atoms with E-state index in [-0.39, 0.29) is 0 Å². The molecule has 0 N–H and O–H groups in total. The first-order chi connectivity index (χ1) is 14.7. The topological polar surface area (TPSA) is 9.23 Å². The van der Waals surface area contributed by atoms with Crippen LogP contribution in [0, 0.1) is 0 Å². The average molecular weight is 427 g/mol. The maximum absolute atomic E-state index is 6.36. The van der Waals surface area contributed by atoms with Crippen LogP contribution in [0.25, 0.3) is 0 Å². The molecule has 2 aromatic rings. The van der Waals surface area contributed by atoms with Gasteiger partial charge in [-0.25, -0.2) is 0 Å². The van der Waals surface area contributed by atoms with Gasteiger partial charge in [-0.2, -0.15) is 0 Å². The van der Waals surface area contributed by atoms with Crippen molar-refractivity contribution in [2.24, 2.45) is 0 Å². The molecule has 3 nitrogen and oxygen atoms in total. The van der Waals surface area contributed by atoms with E-state index in [1.54, 1.807) is 0 Å². The standard InChI is InChI=1S/C28H46N2O/c1-23(2)29(24(3)4,27-15-11-9-12-16-27)19-21-31-22-20-30(25(5)6,26(7)8)28-17-13-10-14-18-28/h9-18,23-26H,19-22H2,1-8H3/q+2. The van der Waals surface area contributed by atoms with Gasteiger partial charge in [0.15, 0.2) is 0 Å². The van der Waals surface area contributed by atoms with Gasteiger partial charge in [0.2, 0.25) is 0 Å². The van der Waals surface area contributed by atoms with Gasteiger partial charge in [-0.15, -0.1) is 0 Å². The Balaban J connectivity index is 2.12. The highest BCUT2D eigenvalue weighted by molar-refractivity contribution is 5.45. The molecule has 0 aliphatic rings. The van der Waals surface area contributed by atoms with Gasteiger partial charge in [-0.3, -0.25) is 8.97 Å². The molecule has 0 bridgehead atoms. The van der Waals surface area contributed by atoms with Crippen LogP contribution >= 0.6 is 0 Å². The van der Waals surface area contributed by atoms with Crippen molar-refractivity contribution in [3.63, 3.8) is 0 Å². The largest absolute Gasteiger partial charge is 0.370 e. The summed E-state index contributed by atoms with van der Waals surface area (Å²) in [5.41, 5.74) is 2.77. The Hall–Kier alpha value is -1.68. The zero-order chi connectivity index (χ0) is 23.1. The molecule has 31 heavy (non-hydrogen) atoms. The van der Waals surface area contributed by atoms with Gasteiger partial charge in [0.25, 0.3) is 0 Å². The molecule has 0 amide bonds. The zero-order valence-electron chi connectivity index (χ0n) is 21.2. The minimum absolute atomic E-state index is 0.497. The Morgan fingerprint density at radius 2 is 0.806 bits per heavy atom. The molecule has 3 heteroatoms. The summed E-state index contributed by atoms with van der Waals surface area (Å²) in [6.07, 6.45) is 0. The molecular formula is C28H46N2O+2. The number of hydrogen-bond donors (Lipinski definition) is 0. The van der Waals surface area contributed by atoms with E-state index in [0.29, 0.717) is 24.2 Å². The van der Waals surface area contributed by atoms with Crippen LogP contribution in [0.2, 0.25) is 0 Å².